The predicted molar refractivity (Wildman–Crippen MR) is 74.8 cm³/mol. The molecule has 4 N–H and O–H groups in total. The molecule has 0 radical (unpaired) electrons. The molecular formula is C15H12FN3O2. The van der Waals surface area contributed by atoms with Crippen LogP contribution in [0.25, 0.3) is 0 Å². The van der Waals surface area contributed by atoms with Gasteiger partial charge in [-0.15, -0.1) is 0 Å². The van der Waals surface area contributed by atoms with Gasteiger partial charge in [-0.25, -0.2) is 4.39 Å². The van der Waals surface area contributed by atoms with Crippen LogP contribution in [0.5, 0.6) is 5.75 Å². The Bertz CT molecular complexity index is 738. The molecule has 0 aliphatic carbocycles. The van der Waals surface area contributed by atoms with Gasteiger partial charge < -0.3 is 16.2 Å². The van der Waals surface area contributed by atoms with Crippen LogP contribution in [0.2, 0.25) is 0 Å². The van der Waals surface area contributed by atoms with Gasteiger partial charge in [0.1, 0.15) is 18.2 Å². The molecule has 0 aliphatic rings. The van der Waals surface area contributed by atoms with E-state index in [-0.39, 0.29) is 29.0 Å². The first-order valence-electron chi connectivity index (χ1n) is 6.02. The van der Waals surface area contributed by atoms with Crippen LogP contribution < -0.4 is 16.2 Å². The van der Waals surface area contributed by atoms with Gasteiger partial charge in [-0.05, 0) is 30.3 Å². The Morgan fingerprint density at radius 1 is 1.29 bits per heavy atom. The molecule has 0 atom stereocenters. The molecule has 106 valence electrons. The molecule has 2 rings (SSSR count). The van der Waals surface area contributed by atoms with E-state index in [0.717, 1.165) is 6.07 Å². The first-order valence-corrected chi connectivity index (χ1v) is 6.02. The van der Waals surface area contributed by atoms with E-state index in [1.54, 1.807) is 6.07 Å². The molecule has 0 heterocycles. The molecule has 0 spiro atoms. The molecule has 0 aromatic heterocycles. The number of hydrogen-bond acceptors (Lipinski definition) is 4. The Kier molecular flexibility index (Phi) is 4.05. The number of hydrogen-bond donors (Lipinski definition) is 2. The van der Waals surface area contributed by atoms with E-state index in [2.05, 4.69) is 0 Å². The number of ether oxygens (including phenoxy) is 1. The van der Waals surface area contributed by atoms with Crippen molar-refractivity contribution in [1.29, 1.82) is 5.26 Å². The summed E-state index contributed by atoms with van der Waals surface area (Å²) in [5, 5.41) is 8.67. The Balaban J connectivity index is 2.21. The van der Waals surface area contributed by atoms with Crippen LogP contribution in [0, 0.1) is 17.1 Å². The van der Waals surface area contributed by atoms with Crippen molar-refractivity contribution in [3.63, 3.8) is 0 Å². The van der Waals surface area contributed by atoms with Crippen LogP contribution in [0.1, 0.15) is 21.5 Å². The van der Waals surface area contributed by atoms with Crippen molar-refractivity contribution in [3.8, 4) is 11.8 Å². The SMILES string of the molecule is N#Cc1ccc(COc2ccc(N)cc2C(N)=O)c(F)c1. The van der Waals surface area contributed by atoms with E-state index in [4.69, 9.17) is 21.5 Å². The Morgan fingerprint density at radius 3 is 2.67 bits per heavy atom. The number of nitrogens with zero attached hydrogens (tertiary/aromatic N) is 1. The summed E-state index contributed by atoms with van der Waals surface area (Å²) in [4.78, 5) is 11.3. The van der Waals surface area contributed by atoms with Crippen LogP contribution in [0.4, 0.5) is 10.1 Å². The van der Waals surface area contributed by atoms with Crippen LogP contribution in [0.15, 0.2) is 36.4 Å². The second kappa shape index (κ2) is 5.92. The third-order valence-corrected chi connectivity index (χ3v) is 2.83. The summed E-state index contributed by atoms with van der Waals surface area (Å²) in [7, 11) is 0. The highest BCUT2D eigenvalue weighted by atomic mass is 19.1. The molecule has 0 saturated carbocycles. The summed E-state index contributed by atoms with van der Waals surface area (Å²) in [6.45, 7) is -0.0955. The number of anilines is 1. The second-order valence-electron chi connectivity index (χ2n) is 4.33. The molecule has 0 bridgehead atoms. The van der Waals surface area contributed by atoms with Gasteiger partial charge in [0.2, 0.25) is 0 Å². The number of rotatable bonds is 4. The smallest absolute Gasteiger partial charge is 0.252 e. The van der Waals surface area contributed by atoms with Crippen molar-refractivity contribution >= 4 is 11.6 Å². The standard InChI is InChI=1S/C15H12FN3O2/c16-13-5-9(7-17)1-2-10(13)8-21-14-4-3-11(18)6-12(14)15(19)20/h1-6H,8,18H2,(H2,19,20). The molecular weight excluding hydrogens is 273 g/mol. The van der Waals surface area contributed by atoms with E-state index in [1.807, 2.05) is 6.07 Å². The summed E-state index contributed by atoms with van der Waals surface area (Å²) < 4.78 is 19.1. The van der Waals surface area contributed by atoms with Gasteiger partial charge in [-0.3, -0.25) is 4.79 Å². The van der Waals surface area contributed by atoms with Crippen LogP contribution in [0.3, 0.4) is 0 Å². The minimum absolute atomic E-state index is 0.0955. The average Bonchev–Trinajstić information content (AvgIpc) is 2.46. The Morgan fingerprint density at radius 2 is 2.05 bits per heavy atom. The molecule has 0 fully saturated rings. The van der Waals surface area contributed by atoms with E-state index in [0.29, 0.717) is 5.69 Å². The monoisotopic (exact) mass is 285 g/mol. The first-order chi connectivity index (χ1) is 10.0. The maximum absolute atomic E-state index is 13.7. The van der Waals surface area contributed by atoms with Gasteiger partial charge in [0.25, 0.3) is 5.91 Å². The minimum Gasteiger partial charge on any atom is -0.488 e. The molecule has 21 heavy (non-hydrogen) atoms. The zero-order valence-electron chi connectivity index (χ0n) is 11.0. The van der Waals surface area contributed by atoms with Gasteiger partial charge in [-0.1, -0.05) is 6.07 Å². The predicted octanol–water partition coefficient (Wildman–Crippen LogP) is 1.96. The molecule has 6 heteroatoms. The number of nitrogens with two attached hydrogens (primary N) is 2. The number of halogens is 1. The highest BCUT2D eigenvalue weighted by Gasteiger charge is 2.11. The van der Waals surface area contributed by atoms with Gasteiger partial charge in [0.05, 0.1) is 17.2 Å². The van der Waals surface area contributed by atoms with Crippen molar-refractivity contribution in [2.45, 2.75) is 6.61 Å². The third kappa shape index (κ3) is 3.28. The minimum atomic E-state index is -0.683. The zero-order chi connectivity index (χ0) is 15.4. The number of nitrogen functional groups attached to an aromatic ring is 1. The maximum atomic E-state index is 13.7. The van der Waals surface area contributed by atoms with Crippen molar-refractivity contribution in [2.75, 3.05) is 5.73 Å². The molecule has 0 unspecified atom stereocenters. The number of amides is 1. The van der Waals surface area contributed by atoms with Crippen molar-refractivity contribution in [3.05, 3.63) is 58.9 Å². The number of benzene rings is 2. The lowest BCUT2D eigenvalue weighted by Crippen LogP contribution is -2.13. The van der Waals surface area contributed by atoms with Crippen LogP contribution in [-0.4, -0.2) is 5.91 Å². The maximum Gasteiger partial charge on any atom is 0.252 e. The van der Waals surface area contributed by atoms with E-state index in [1.165, 1.54) is 24.3 Å². The summed E-state index contributed by atoms with van der Waals surface area (Å²) in [6.07, 6.45) is 0. The lowest BCUT2D eigenvalue weighted by Gasteiger charge is -2.11. The quantitative estimate of drug-likeness (QED) is 0.838. The fourth-order valence-corrected chi connectivity index (χ4v) is 1.76. The summed E-state index contributed by atoms with van der Waals surface area (Å²) in [5.74, 6) is -1.01. The average molecular weight is 285 g/mol. The fraction of sp³-hybridized carbons (Fsp3) is 0.0667. The Labute approximate surface area is 120 Å². The van der Waals surface area contributed by atoms with E-state index < -0.39 is 11.7 Å². The van der Waals surface area contributed by atoms with Gasteiger partial charge in [0.15, 0.2) is 0 Å². The topological polar surface area (TPSA) is 102 Å². The molecule has 1 amide bonds. The van der Waals surface area contributed by atoms with Gasteiger partial charge in [-0.2, -0.15) is 5.26 Å². The summed E-state index contributed by atoms with van der Waals surface area (Å²) >= 11 is 0. The largest absolute Gasteiger partial charge is 0.488 e. The van der Waals surface area contributed by atoms with Crippen molar-refractivity contribution in [1.82, 2.24) is 0 Å². The highest BCUT2D eigenvalue weighted by Crippen LogP contribution is 2.22. The van der Waals surface area contributed by atoms with Crippen molar-refractivity contribution < 1.29 is 13.9 Å². The summed E-state index contributed by atoms with van der Waals surface area (Å²) in [5.41, 5.74) is 11.8. The molecule has 0 aliphatic heterocycles. The fourth-order valence-electron chi connectivity index (χ4n) is 1.76. The van der Waals surface area contributed by atoms with Crippen LogP contribution >= 0.6 is 0 Å². The van der Waals surface area contributed by atoms with Gasteiger partial charge >= 0.3 is 0 Å². The highest BCUT2D eigenvalue weighted by molar-refractivity contribution is 5.96. The molecule has 0 saturated heterocycles. The lowest BCUT2D eigenvalue weighted by atomic mass is 10.1. The van der Waals surface area contributed by atoms with Gasteiger partial charge in [0, 0.05) is 11.3 Å². The van der Waals surface area contributed by atoms with Crippen LogP contribution in [-0.2, 0) is 6.61 Å². The number of primary amides is 1. The number of nitriles is 1. The zero-order valence-corrected chi connectivity index (χ0v) is 11.0. The third-order valence-electron chi connectivity index (χ3n) is 2.83. The Hall–Kier alpha value is -3.07. The van der Waals surface area contributed by atoms with E-state index in [9.17, 15) is 9.18 Å². The van der Waals surface area contributed by atoms with E-state index >= 15 is 0 Å². The van der Waals surface area contributed by atoms with Crippen molar-refractivity contribution in [2.24, 2.45) is 5.73 Å². The molecule has 2 aromatic carbocycles. The summed E-state index contributed by atoms with van der Waals surface area (Å²) in [6, 6.07) is 10.3. The number of carbonyl (C=O) groups is 1. The first kappa shape index (κ1) is 14.3. The molecule has 5 nitrogen and oxygen atoms in total. The second-order valence-corrected chi connectivity index (χ2v) is 4.33. The molecule has 2 aromatic rings. The number of carbonyl (C=O) groups excluding carboxylic acids is 1. The normalized spacial score (nSPS) is 9.90. The lowest BCUT2D eigenvalue weighted by molar-refractivity contribution is 0.0996.